The molecule has 15 heavy (non-hydrogen) atoms. The maximum Gasteiger partial charge on any atom is 0.299 e. The average Bonchev–Trinajstić information content (AvgIpc) is 2.28. The number of aliphatic hydroxyl groups excluding tert-OH is 1. The molecule has 3 nitrogen and oxygen atoms in total. The quantitative estimate of drug-likeness (QED) is 0.815. The molecule has 1 aromatic carbocycles. The Bertz CT molecular complexity index is 366. The molecule has 0 amide bonds. The first kappa shape index (κ1) is 10.2. The van der Waals surface area contributed by atoms with Crippen molar-refractivity contribution in [2.75, 3.05) is 19.8 Å². The first-order chi connectivity index (χ1) is 7.15. The van der Waals surface area contributed by atoms with Crippen LogP contribution in [0.5, 0.6) is 11.5 Å². The zero-order valence-electron chi connectivity index (χ0n) is 7.87. The van der Waals surface area contributed by atoms with E-state index in [2.05, 4.69) is 0 Å². The molecule has 1 N–H and O–H groups in total. The molecule has 0 spiro atoms. The maximum absolute atomic E-state index is 13.3. The van der Waals surface area contributed by atoms with Crippen molar-refractivity contribution < 1.29 is 23.4 Å². The highest BCUT2D eigenvalue weighted by molar-refractivity contribution is 5.49. The monoisotopic (exact) mass is 216 g/mol. The first-order valence-electron chi connectivity index (χ1n) is 4.53. The van der Waals surface area contributed by atoms with E-state index < -0.39 is 12.5 Å². The zero-order valence-corrected chi connectivity index (χ0v) is 7.87. The molecule has 1 heterocycles. The molecule has 0 aliphatic carbocycles. The smallest absolute Gasteiger partial charge is 0.299 e. The Morgan fingerprint density at radius 2 is 2.00 bits per heavy atom. The minimum atomic E-state index is -3.30. The molecule has 1 aliphatic rings. The van der Waals surface area contributed by atoms with Crippen molar-refractivity contribution >= 4 is 0 Å². The Morgan fingerprint density at radius 1 is 1.27 bits per heavy atom. The molecule has 5 heteroatoms. The highest BCUT2D eigenvalue weighted by atomic mass is 19.3. The van der Waals surface area contributed by atoms with Gasteiger partial charge in [-0.15, -0.1) is 0 Å². The van der Waals surface area contributed by atoms with E-state index in [-0.39, 0.29) is 17.9 Å². The lowest BCUT2D eigenvalue weighted by molar-refractivity contribution is -0.0583. The van der Waals surface area contributed by atoms with Crippen molar-refractivity contribution in [1.29, 1.82) is 0 Å². The summed E-state index contributed by atoms with van der Waals surface area (Å²) in [5, 5.41) is 8.60. The van der Waals surface area contributed by atoms with Crippen LogP contribution in [-0.4, -0.2) is 24.9 Å². The Labute approximate surface area is 85.2 Å². The summed E-state index contributed by atoms with van der Waals surface area (Å²) >= 11 is 0. The maximum atomic E-state index is 13.3. The number of aliphatic hydroxyl groups is 1. The lowest BCUT2D eigenvalue weighted by atomic mass is 10.1. The second kappa shape index (κ2) is 3.66. The summed E-state index contributed by atoms with van der Waals surface area (Å²) in [5.74, 6) is -2.97. The standard InChI is InChI=1S/C10H10F2O3/c11-10(12,6-13)7-2-1-3-8-9(7)15-5-4-14-8/h1-3,13H,4-6H2. The van der Waals surface area contributed by atoms with Gasteiger partial charge in [-0.2, -0.15) is 8.78 Å². The van der Waals surface area contributed by atoms with Crippen LogP contribution in [-0.2, 0) is 5.92 Å². The summed E-state index contributed by atoms with van der Waals surface area (Å²) in [6, 6.07) is 4.24. The van der Waals surface area contributed by atoms with Crippen LogP contribution < -0.4 is 9.47 Å². The molecule has 0 saturated carbocycles. The van der Waals surface area contributed by atoms with E-state index in [0.717, 1.165) is 0 Å². The van der Waals surface area contributed by atoms with E-state index in [0.29, 0.717) is 12.4 Å². The van der Waals surface area contributed by atoms with Crippen molar-refractivity contribution in [2.24, 2.45) is 0 Å². The molecule has 0 fully saturated rings. The SMILES string of the molecule is OCC(F)(F)c1cccc2c1OCCO2. The molecule has 0 unspecified atom stereocenters. The fourth-order valence-corrected chi connectivity index (χ4v) is 1.45. The molecular formula is C10H10F2O3. The lowest BCUT2D eigenvalue weighted by Crippen LogP contribution is -2.23. The summed E-state index contributed by atoms with van der Waals surface area (Å²) in [6.07, 6.45) is 0. The summed E-state index contributed by atoms with van der Waals surface area (Å²) in [7, 11) is 0. The number of halogens is 2. The van der Waals surface area contributed by atoms with Crippen LogP contribution >= 0.6 is 0 Å². The van der Waals surface area contributed by atoms with Gasteiger partial charge in [0.25, 0.3) is 5.92 Å². The fourth-order valence-electron chi connectivity index (χ4n) is 1.45. The Kier molecular flexibility index (Phi) is 2.48. The van der Waals surface area contributed by atoms with Gasteiger partial charge in [-0.25, -0.2) is 0 Å². The highest BCUT2D eigenvalue weighted by Gasteiger charge is 2.36. The van der Waals surface area contributed by atoms with Crippen LogP contribution in [0.25, 0.3) is 0 Å². The van der Waals surface area contributed by atoms with Crippen molar-refractivity contribution in [3.8, 4) is 11.5 Å². The van der Waals surface area contributed by atoms with Crippen LogP contribution in [0.4, 0.5) is 8.78 Å². The van der Waals surface area contributed by atoms with Gasteiger partial charge in [-0.05, 0) is 12.1 Å². The van der Waals surface area contributed by atoms with E-state index >= 15 is 0 Å². The lowest BCUT2D eigenvalue weighted by Gasteiger charge is -2.23. The number of alkyl halides is 2. The molecule has 1 aromatic rings. The van der Waals surface area contributed by atoms with Gasteiger partial charge in [0.2, 0.25) is 0 Å². The van der Waals surface area contributed by atoms with Crippen molar-refractivity contribution in [1.82, 2.24) is 0 Å². The molecule has 82 valence electrons. The number of ether oxygens (including phenoxy) is 2. The molecule has 0 saturated heterocycles. The van der Waals surface area contributed by atoms with E-state index in [1.165, 1.54) is 12.1 Å². The molecular weight excluding hydrogens is 206 g/mol. The minimum Gasteiger partial charge on any atom is -0.486 e. The van der Waals surface area contributed by atoms with Gasteiger partial charge in [0.15, 0.2) is 11.5 Å². The van der Waals surface area contributed by atoms with Gasteiger partial charge < -0.3 is 14.6 Å². The Hall–Kier alpha value is -1.36. The minimum absolute atomic E-state index is 0.0304. The second-order valence-electron chi connectivity index (χ2n) is 3.19. The normalized spacial score (nSPS) is 15.1. The number of benzene rings is 1. The molecule has 2 rings (SSSR count). The number of hydrogen-bond acceptors (Lipinski definition) is 3. The van der Waals surface area contributed by atoms with Crippen LogP contribution in [0.1, 0.15) is 5.56 Å². The third-order valence-electron chi connectivity index (χ3n) is 2.16. The van der Waals surface area contributed by atoms with Gasteiger partial charge in [-0.3, -0.25) is 0 Å². The molecule has 1 aliphatic heterocycles. The third-order valence-corrected chi connectivity index (χ3v) is 2.16. The van der Waals surface area contributed by atoms with Gasteiger partial charge in [0.1, 0.15) is 19.8 Å². The highest BCUT2D eigenvalue weighted by Crippen LogP contribution is 2.41. The predicted molar refractivity (Wildman–Crippen MR) is 48.4 cm³/mol. The number of hydrogen-bond donors (Lipinski definition) is 1. The predicted octanol–water partition coefficient (Wildman–Crippen LogP) is 1.54. The average molecular weight is 216 g/mol. The Morgan fingerprint density at radius 3 is 2.73 bits per heavy atom. The van der Waals surface area contributed by atoms with E-state index in [1.807, 2.05) is 0 Å². The first-order valence-corrected chi connectivity index (χ1v) is 4.53. The van der Waals surface area contributed by atoms with Gasteiger partial charge in [-0.1, -0.05) is 6.07 Å². The van der Waals surface area contributed by atoms with Crippen molar-refractivity contribution in [3.05, 3.63) is 23.8 Å². The molecule has 0 atom stereocenters. The topological polar surface area (TPSA) is 38.7 Å². The van der Waals surface area contributed by atoms with E-state index in [4.69, 9.17) is 14.6 Å². The molecule has 0 aromatic heterocycles. The summed E-state index contributed by atoms with van der Waals surface area (Å²) in [4.78, 5) is 0. The van der Waals surface area contributed by atoms with Crippen molar-refractivity contribution in [3.63, 3.8) is 0 Å². The summed E-state index contributed by atoms with van der Waals surface area (Å²) in [5.41, 5.74) is -0.331. The Balaban J connectivity index is 2.48. The second-order valence-corrected chi connectivity index (χ2v) is 3.19. The fraction of sp³-hybridized carbons (Fsp3) is 0.400. The van der Waals surface area contributed by atoms with Gasteiger partial charge in [0.05, 0.1) is 5.56 Å². The van der Waals surface area contributed by atoms with Gasteiger partial charge >= 0.3 is 0 Å². The zero-order chi connectivity index (χ0) is 10.9. The van der Waals surface area contributed by atoms with Crippen LogP contribution in [0, 0.1) is 0 Å². The largest absolute Gasteiger partial charge is 0.486 e. The van der Waals surface area contributed by atoms with E-state index in [1.54, 1.807) is 6.07 Å². The summed E-state index contributed by atoms with van der Waals surface area (Å²) in [6.45, 7) is -0.653. The van der Waals surface area contributed by atoms with Crippen LogP contribution in [0.15, 0.2) is 18.2 Å². The third kappa shape index (κ3) is 1.74. The van der Waals surface area contributed by atoms with E-state index in [9.17, 15) is 8.78 Å². The number of rotatable bonds is 2. The molecule has 0 radical (unpaired) electrons. The van der Waals surface area contributed by atoms with Crippen LogP contribution in [0.2, 0.25) is 0 Å². The van der Waals surface area contributed by atoms with Crippen LogP contribution in [0.3, 0.4) is 0 Å². The number of para-hydroxylation sites is 1. The van der Waals surface area contributed by atoms with Crippen molar-refractivity contribution in [2.45, 2.75) is 5.92 Å². The summed E-state index contributed by atoms with van der Waals surface area (Å²) < 4.78 is 36.9. The number of fused-ring (bicyclic) bond motifs is 1. The van der Waals surface area contributed by atoms with Gasteiger partial charge in [0, 0.05) is 0 Å². The molecule has 0 bridgehead atoms.